The van der Waals surface area contributed by atoms with Crippen LogP contribution in [0.3, 0.4) is 0 Å². The Balaban J connectivity index is 1.71. The molecule has 1 heterocycles. The van der Waals surface area contributed by atoms with Crippen molar-refractivity contribution in [1.29, 1.82) is 5.26 Å². The topological polar surface area (TPSA) is 54.7 Å². The fourth-order valence-corrected chi connectivity index (χ4v) is 2.62. The van der Waals surface area contributed by atoms with Crippen LogP contribution in [0.25, 0.3) is 10.8 Å². The van der Waals surface area contributed by atoms with E-state index in [9.17, 15) is 0 Å². The van der Waals surface area contributed by atoms with Crippen molar-refractivity contribution in [2.75, 3.05) is 39.5 Å². The molecule has 5 nitrogen and oxygen atoms in total. The second-order valence-electron chi connectivity index (χ2n) is 5.10. The minimum absolute atomic E-state index is 0.554. The van der Waals surface area contributed by atoms with E-state index in [2.05, 4.69) is 4.90 Å². The van der Waals surface area contributed by atoms with Gasteiger partial charge in [0, 0.05) is 30.4 Å². The molecule has 0 saturated carbocycles. The van der Waals surface area contributed by atoms with Crippen LogP contribution >= 0.6 is 0 Å². The van der Waals surface area contributed by atoms with Gasteiger partial charge in [0.1, 0.15) is 18.1 Å². The third kappa shape index (κ3) is 3.30. The highest BCUT2D eigenvalue weighted by molar-refractivity contribution is 5.93. The van der Waals surface area contributed by atoms with Crippen LogP contribution < -0.4 is 9.47 Å². The summed E-state index contributed by atoms with van der Waals surface area (Å²) in [6, 6.07) is 11.4. The first-order chi connectivity index (χ1) is 10.9. The molecule has 3 rings (SSSR count). The van der Waals surface area contributed by atoms with Gasteiger partial charge >= 0.3 is 0 Å². The molecule has 1 aliphatic heterocycles. The fraction of sp³-hybridized carbons (Fsp3) is 0.353. The minimum atomic E-state index is 0.554. The molecule has 0 N–H and O–H groups in total. The minimum Gasteiger partial charge on any atom is -0.492 e. The number of rotatable bonds is 5. The van der Waals surface area contributed by atoms with Crippen molar-refractivity contribution in [1.82, 2.24) is 4.90 Å². The second-order valence-corrected chi connectivity index (χ2v) is 5.10. The van der Waals surface area contributed by atoms with Gasteiger partial charge in [-0.15, -0.1) is 5.26 Å². The maximum Gasteiger partial charge on any atom is 0.292 e. The quantitative estimate of drug-likeness (QED) is 0.793. The van der Waals surface area contributed by atoms with Crippen molar-refractivity contribution >= 4 is 10.8 Å². The first-order valence-electron chi connectivity index (χ1n) is 7.39. The third-order valence-corrected chi connectivity index (χ3v) is 3.77. The molecule has 0 amide bonds. The first kappa shape index (κ1) is 14.6. The SMILES string of the molecule is N#COc1ccc(OCCN2CCOCC2)c2ccccc12. The summed E-state index contributed by atoms with van der Waals surface area (Å²) >= 11 is 0. The van der Waals surface area contributed by atoms with Gasteiger partial charge in [-0.1, -0.05) is 24.3 Å². The lowest BCUT2D eigenvalue weighted by molar-refractivity contribution is 0.0323. The summed E-state index contributed by atoms with van der Waals surface area (Å²) in [6.07, 6.45) is 1.72. The molecule has 0 spiro atoms. The van der Waals surface area contributed by atoms with Gasteiger partial charge < -0.3 is 14.2 Å². The Labute approximate surface area is 129 Å². The Bertz CT molecular complexity index is 675. The largest absolute Gasteiger partial charge is 0.492 e. The molecule has 0 aliphatic carbocycles. The molecular formula is C17H18N2O3. The van der Waals surface area contributed by atoms with Crippen molar-refractivity contribution in [3.63, 3.8) is 0 Å². The maximum atomic E-state index is 8.71. The van der Waals surface area contributed by atoms with E-state index < -0.39 is 0 Å². The highest BCUT2D eigenvalue weighted by Gasteiger charge is 2.11. The molecule has 114 valence electrons. The number of ether oxygens (including phenoxy) is 3. The van der Waals surface area contributed by atoms with Crippen LogP contribution in [0.5, 0.6) is 11.5 Å². The lowest BCUT2D eigenvalue weighted by Crippen LogP contribution is -2.38. The van der Waals surface area contributed by atoms with Gasteiger partial charge in [0.05, 0.1) is 13.2 Å². The predicted molar refractivity (Wildman–Crippen MR) is 82.9 cm³/mol. The van der Waals surface area contributed by atoms with E-state index >= 15 is 0 Å². The highest BCUT2D eigenvalue weighted by Crippen LogP contribution is 2.32. The van der Waals surface area contributed by atoms with Crippen LogP contribution in [0, 0.1) is 11.5 Å². The van der Waals surface area contributed by atoms with Crippen LogP contribution in [0.2, 0.25) is 0 Å². The van der Waals surface area contributed by atoms with Gasteiger partial charge in [0.25, 0.3) is 6.26 Å². The highest BCUT2D eigenvalue weighted by atomic mass is 16.5. The van der Waals surface area contributed by atoms with E-state index in [1.807, 2.05) is 30.3 Å². The Morgan fingerprint density at radius 2 is 1.73 bits per heavy atom. The van der Waals surface area contributed by atoms with Crippen molar-refractivity contribution in [2.24, 2.45) is 0 Å². The van der Waals surface area contributed by atoms with Crippen LogP contribution in [-0.2, 0) is 4.74 Å². The lowest BCUT2D eigenvalue weighted by Gasteiger charge is -2.26. The zero-order chi connectivity index (χ0) is 15.2. The molecule has 1 aliphatic rings. The van der Waals surface area contributed by atoms with Gasteiger partial charge in [-0.2, -0.15) is 0 Å². The maximum absolute atomic E-state index is 8.71. The number of fused-ring (bicyclic) bond motifs is 1. The molecule has 2 aromatic rings. The van der Waals surface area contributed by atoms with Crippen molar-refractivity contribution < 1.29 is 14.2 Å². The molecule has 1 fully saturated rings. The summed E-state index contributed by atoms with van der Waals surface area (Å²) < 4.78 is 16.3. The monoisotopic (exact) mass is 298 g/mol. The van der Waals surface area contributed by atoms with Crippen LogP contribution in [0.1, 0.15) is 0 Å². The molecule has 22 heavy (non-hydrogen) atoms. The van der Waals surface area contributed by atoms with Crippen LogP contribution in [0.4, 0.5) is 0 Å². The molecular weight excluding hydrogens is 280 g/mol. The van der Waals surface area contributed by atoms with Crippen molar-refractivity contribution in [3.8, 4) is 17.8 Å². The smallest absolute Gasteiger partial charge is 0.292 e. The van der Waals surface area contributed by atoms with E-state index in [0.29, 0.717) is 12.4 Å². The van der Waals surface area contributed by atoms with E-state index in [1.54, 1.807) is 12.3 Å². The average Bonchev–Trinajstić information content (AvgIpc) is 2.58. The number of nitriles is 1. The summed E-state index contributed by atoms with van der Waals surface area (Å²) in [5.41, 5.74) is 0. The van der Waals surface area contributed by atoms with E-state index in [0.717, 1.165) is 49.4 Å². The Morgan fingerprint density at radius 1 is 1.05 bits per heavy atom. The number of nitrogens with zero attached hydrogens (tertiary/aromatic N) is 2. The molecule has 0 unspecified atom stereocenters. The number of hydrogen-bond acceptors (Lipinski definition) is 5. The first-order valence-corrected chi connectivity index (χ1v) is 7.39. The van der Waals surface area contributed by atoms with Gasteiger partial charge in [0.2, 0.25) is 0 Å². The van der Waals surface area contributed by atoms with E-state index in [4.69, 9.17) is 19.5 Å². The summed E-state index contributed by atoms with van der Waals surface area (Å²) in [5.74, 6) is 1.37. The van der Waals surface area contributed by atoms with Gasteiger partial charge in [-0.3, -0.25) is 4.90 Å². The van der Waals surface area contributed by atoms with Crippen LogP contribution in [-0.4, -0.2) is 44.4 Å². The molecule has 5 heteroatoms. The Morgan fingerprint density at radius 3 is 2.45 bits per heavy atom. The van der Waals surface area contributed by atoms with Crippen LogP contribution in [0.15, 0.2) is 36.4 Å². The third-order valence-electron chi connectivity index (χ3n) is 3.77. The number of morpholine rings is 1. The van der Waals surface area contributed by atoms with Crippen molar-refractivity contribution in [2.45, 2.75) is 0 Å². The molecule has 1 saturated heterocycles. The lowest BCUT2D eigenvalue weighted by atomic mass is 10.1. The molecule has 0 radical (unpaired) electrons. The summed E-state index contributed by atoms with van der Waals surface area (Å²) in [5, 5.41) is 10.6. The zero-order valence-corrected chi connectivity index (χ0v) is 12.3. The van der Waals surface area contributed by atoms with Gasteiger partial charge in [0.15, 0.2) is 0 Å². The van der Waals surface area contributed by atoms with E-state index in [1.165, 1.54) is 0 Å². The average molecular weight is 298 g/mol. The molecule has 0 aromatic heterocycles. The predicted octanol–water partition coefficient (Wildman–Crippen LogP) is 2.41. The van der Waals surface area contributed by atoms with Gasteiger partial charge in [-0.05, 0) is 12.1 Å². The molecule has 0 atom stereocenters. The summed E-state index contributed by atoms with van der Waals surface area (Å²) in [6.45, 7) is 5.01. The number of benzene rings is 2. The normalized spacial score (nSPS) is 15.4. The zero-order valence-electron chi connectivity index (χ0n) is 12.3. The van der Waals surface area contributed by atoms with Gasteiger partial charge in [-0.25, -0.2) is 0 Å². The Hall–Kier alpha value is -2.29. The number of hydrogen-bond donors (Lipinski definition) is 0. The summed E-state index contributed by atoms with van der Waals surface area (Å²) in [7, 11) is 0. The fourth-order valence-electron chi connectivity index (χ4n) is 2.62. The molecule has 0 bridgehead atoms. The standard InChI is InChI=1S/C17H18N2O3/c18-13-22-17-6-5-16(14-3-1-2-4-15(14)17)21-12-9-19-7-10-20-11-8-19/h1-6H,7-12H2. The Kier molecular flexibility index (Phi) is 4.74. The molecule has 2 aromatic carbocycles. The van der Waals surface area contributed by atoms with E-state index in [-0.39, 0.29) is 0 Å². The second kappa shape index (κ2) is 7.12. The summed E-state index contributed by atoms with van der Waals surface area (Å²) in [4.78, 5) is 2.33. The van der Waals surface area contributed by atoms with Crippen molar-refractivity contribution in [3.05, 3.63) is 36.4 Å².